The largest absolute Gasteiger partial charge is 0.372 e. The lowest BCUT2D eigenvalue weighted by Gasteiger charge is -2.34. The van der Waals surface area contributed by atoms with E-state index in [-0.39, 0.29) is 17.7 Å². The second kappa shape index (κ2) is 8.80. The number of amides is 2. The van der Waals surface area contributed by atoms with E-state index in [0.717, 1.165) is 31.5 Å². The smallest absolute Gasteiger partial charge is 0.246 e. The van der Waals surface area contributed by atoms with Crippen LogP contribution in [-0.2, 0) is 9.59 Å². The van der Waals surface area contributed by atoms with Crippen molar-refractivity contribution in [1.29, 1.82) is 0 Å². The van der Waals surface area contributed by atoms with Crippen LogP contribution in [0.5, 0.6) is 0 Å². The van der Waals surface area contributed by atoms with Crippen molar-refractivity contribution in [2.24, 2.45) is 5.92 Å². The Bertz CT molecular complexity index is 708. The summed E-state index contributed by atoms with van der Waals surface area (Å²) in [4.78, 5) is 30.8. The lowest BCUT2D eigenvalue weighted by molar-refractivity contribution is -0.138. The summed E-state index contributed by atoms with van der Waals surface area (Å²) in [6.07, 6.45) is 10.9. The highest BCUT2D eigenvalue weighted by Crippen LogP contribution is 2.31. The van der Waals surface area contributed by atoms with Crippen LogP contribution >= 0.6 is 0 Å². The maximum Gasteiger partial charge on any atom is 0.246 e. The molecule has 2 heterocycles. The molecule has 0 N–H and O–H groups in total. The molecule has 0 spiro atoms. The molecule has 3 fully saturated rings. The average Bonchev–Trinajstić information content (AvgIpc) is 3.59. The molecule has 5 nitrogen and oxygen atoms in total. The second-order valence-corrected chi connectivity index (χ2v) is 8.25. The summed E-state index contributed by atoms with van der Waals surface area (Å²) in [7, 11) is 0. The molecule has 4 rings (SSSR count). The summed E-state index contributed by atoms with van der Waals surface area (Å²) in [6.45, 7) is 4.88. The van der Waals surface area contributed by atoms with Gasteiger partial charge >= 0.3 is 0 Å². The first-order valence-corrected chi connectivity index (χ1v) is 10.8. The predicted octanol–water partition coefficient (Wildman–Crippen LogP) is 3.16. The number of piperazine rings is 1. The van der Waals surface area contributed by atoms with Gasteiger partial charge in [-0.05, 0) is 49.5 Å². The van der Waals surface area contributed by atoms with E-state index < -0.39 is 0 Å². The minimum absolute atomic E-state index is 0.0371. The molecule has 1 aromatic carbocycles. The molecule has 1 aliphatic carbocycles. The van der Waals surface area contributed by atoms with Gasteiger partial charge in [-0.3, -0.25) is 9.59 Å². The van der Waals surface area contributed by atoms with Crippen LogP contribution in [-0.4, -0.2) is 60.9 Å². The van der Waals surface area contributed by atoms with E-state index in [9.17, 15) is 9.59 Å². The van der Waals surface area contributed by atoms with Gasteiger partial charge in [0.1, 0.15) is 0 Å². The fraction of sp³-hybridized carbons (Fsp3) is 0.565. The maximum absolute atomic E-state index is 12.5. The molecule has 0 radical (unpaired) electrons. The van der Waals surface area contributed by atoms with Gasteiger partial charge in [-0.1, -0.05) is 25.0 Å². The molecule has 2 aliphatic heterocycles. The fourth-order valence-electron chi connectivity index (χ4n) is 4.13. The highest BCUT2D eigenvalue weighted by atomic mass is 16.2. The van der Waals surface area contributed by atoms with Crippen LogP contribution in [0.2, 0.25) is 0 Å². The third kappa shape index (κ3) is 4.75. The Kier molecular flexibility index (Phi) is 5.98. The van der Waals surface area contributed by atoms with E-state index in [4.69, 9.17) is 0 Å². The normalized spacial score (nSPS) is 21.1. The van der Waals surface area contributed by atoms with Crippen molar-refractivity contribution in [2.75, 3.05) is 44.2 Å². The molecule has 0 unspecified atom stereocenters. The van der Waals surface area contributed by atoms with Gasteiger partial charge in [0.2, 0.25) is 11.8 Å². The van der Waals surface area contributed by atoms with Crippen molar-refractivity contribution in [3.05, 3.63) is 35.9 Å². The number of nitrogens with zero attached hydrogens (tertiary/aromatic N) is 3. The lowest BCUT2D eigenvalue weighted by Crippen LogP contribution is -2.50. The molecule has 5 heteroatoms. The van der Waals surface area contributed by atoms with Crippen LogP contribution < -0.4 is 4.90 Å². The molecule has 0 atom stereocenters. The van der Waals surface area contributed by atoms with Crippen molar-refractivity contribution in [2.45, 2.75) is 38.5 Å². The van der Waals surface area contributed by atoms with Crippen molar-refractivity contribution in [1.82, 2.24) is 9.80 Å². The highest BCUT2D eigenvalue weighted by Gasteiger charge is 2.34. The molecule has 0 bridgehead atoms. The number of benzene rings is 1. The first-order chi connectivity index (χ1) is 13.7. The van der Waals surface area contributed by atoms with Crippen LogP contribution in [0.15, 0.2) is 30.3 Å². The van der Waals surface area contributed by atoms with E-state index in [1.807, 2.05) is 15.9 Å². The van der Waals surface area contributed by atoms with Crippen LogP contribution in [0, 0.1) is 5.92 Å². The van der Waals surface area contributed by atoms with Gasteiger partial charge in [0.25, 0.3) is 0 Å². The molecule has 3 aliphatic rings. The third-order valence-electron chi connectivity index (χ3n) is 6.11. The summed E-state index contributed by atoms with van der Waals surface area (Å²) in [5, 5.41) is 0. The zero-order valence-corrected chi connectivity index (χ0v) is 16.7. The first-order valence-electron chi connectivity index (χ1n) is 10.8. The van der Waals surface area contributed by atoms with E-state index in [1.54, 1.807) is 6.08 Å². The molecule has 0 aromatic heterocycles. The van der Waals surface area contributed by atoms with Crippen LogP contribution in [0.1, 0.15) is 44.1 Å². The molecule has 150 valence electrons. The number of carbonyl (C=O) groups excluding carboxylic acids is 2. The zero-order chi connectivity index (χ0) is 19.3. The van der Waals surface area contributed by atoms with Crippen molar-refractivity contribution in [3.8, 4) is 0 Å². The zero-order valence-electron chi connectivity index (χ0n) is 16.7. The summed E-state index contributed by atoms with van der Waals surface area (Å²) in [5.41, 5.74) is 2.33. The Balaban J connectivity index is 1.27. The van der Waals surface area contributed by atoms with Crippen molar-refractivity contribution >= 4 is 23.6 Å². The predicted molar refractivity (Wildman–Crippen MR) is 112 cm³/mol. The van der Waals surface area contributed by atoms with Crippen molar-refractivity contribution < 1.29 is 9.59 Å². The first kappa shape index (κ1) is 19.0. The maximum atomic E-state index is 12.5. The van der Waals surface area contributed by atoms with Crippen molar-refractivity contribution in [3.63, 3.8) is 0 Å². The molecule has 1 saturated carbocycles. The van der Waals surface area contributed by atoms with E-state index >= 15 is 0 Å². The Hall–Kier alpha value is -2.30. The minimum Gasteiger partial charge on any atom is -0.372 e. The van der Waals surface area contributed by atoms with Gasteiger partial charge in [0.05, 0.1) is 0 Å². The molecular weight excluding hydrogens is 350 g/mol. The Labute approximate surface area is 168 Å². The van der Waals surface area contributed by atoms with E-state index in [2.05, 4.69) is 29.2 Å². The topological polar surface area (TPSA) is 43.9 Å². The second-order valence-electron chi connectivity index (χ2n) is 8.25. The number of anilines is 1. The third-order valence-corrected chi connectivity index (χ3v) is 6.11. The van der Waals surface area contributed by atoms with Gasteiger partial charge in [0.15, 0.2) is 0 Å². The Morgan fingerprint density at radius 2 is 1.39 bits per heavy atom. The van der Waals surface area contributed by atoms with Gasteiger partial charge in [0, 0.05) is 56.9 Å². The highest BCUT2D eigenvalue weighted by molar-refractivity contribution is 5.92. The SMILES string of the molecule is O=C(C=Cc1ccc(N2CCCCCC2)cc1)N1CCN(C(=O)C2CC2)CC1. The molecule has 28 heavy (non-hydrogen) atoms. The minimum atomic E-state index is 0.0371. The number of hydrogen-bond acceptors (Lipinski definition) is 3. The monoisotopic (exact) mass is 381 g/mol. The van der Waals surface area contributed by atoms with Crippen LogP contribution in [0.4, 0.5) is 5.69 Å². The van der Waals surface area contributed by atoms with E-state index in [1.165, 1.54) is 31.4 Å². The van der Waals surface area contributed by atoms with Gasteiger partial charge in [-0.15, -0.1) is 0 Å². The number of carbonyl (C=O) groups is 2. The summed E-state index contributed by atoms with van der Waals surface area (Å²) in [6, 6.07) is 8.52. The Morgan fingerprint density at radius 1 is 0.786 bits per heavy atom. The van der Waals surface area contributed by atoms with Gasteiger partial charge in [-0.2, -0.15) is 0 Å². The summed E-state index contributed by atoms with van der Waals surface area (Å²) < 4.78 is 0. The summed E-state index contributed by atoms with van der Waals surface area (Å²) in [5.74, 6) is 0.585. The summed E-state index contributed by atoms with van der Waals surface area (Å²) >= 11 is 0. The lowest BCUT2D eigenvalue weighted by atomic mass is 10.1. The van der Waals surface area contributed by atoms with E-state index in [0.29, 0.717) is 26.2 Å². The van der Waals surface area contributed by atoms with Gasteiger partial charge in [-0.25, -0.2) is 0 Å². The number of rotatable bonds is 4. The van der Waals surface area contributed by atoms with Crippen LogP contribution in [0.3, 0.4) is 0 Å². The molecule has 2 amide bonds. The van der Waals surface area contributed by atoms with Crippen LogP contribution in [0.25, 0.3) is 6.08 Å². The average molecular weight is 382 g/mol. The molecule has 1 aromatic rings. The molecule has 2 saturated heterocycles. The standard InChI is InChI=1S/C23H31N3O2/c27-22(25-15-17-26(18-16-25)23(28)20-8-9-20)12-7-19-5-10-21(11-6-19)24-13-3-1-2-4-14-24/h5-7,10-12,20H,1-4,8-9,13-18H2. The molecular formula is C23H31N3O2. The van der Waals surface area contributed by atoms with Gasteiger partial charge < -0.3 is 14.7 Å². The Morgan fingerprint density at radius 3 is 2.00 bits per heavy atom. The quantitative estimate of drug-likeness (QED) is 0.753. The fourth-order valence-corrected chi connectivity index (χ4v) is 4.13. The number of hydrogen-bond donors (Lipinski definition) is 0.